The van der Waals surface area contributed by atoms with Gasteiger partial charge in [-0.2, -0.15) is 18.3 Å². The molecule has 1 fully saturated rings. The van der Waals surface area contributed by atoms with E-state index in [4.69, 9.17) is 0 Å². The zero-order valence-corrected chi connectivity index (χ0v) is 21.2. The number of nitrogens with zero attached hydrogens (tertiary/aromatic N) is 4. The second-order valence-electron chi connectivity index (χ2n) is 9.74. The van der Waals surface area contributed by atoms with Crippen LogP contribution in [0.4, 0.5) is 29.5 Å². The van der Waals surface area contributed by atoms with Gasteiger partial charge in [0.15, 0.2) is 5.82 Å². The normalized spacial score (nSPS) is 16.5. The van der Waals surface area contributed by atoms with Gasteiger partial charge in [0, 0.05) is 54.7 Å². The molecule has 4 aromatic rings. The lowest BCUT2D eigenvalue weighted by Gasteiger charge is -2.34. The molecule has 10 heteroatoms. The van der Waals surface area contributed by atoms with Crippen LogP contribution in [-0.4, -0.2) is 38.3 Å². The van der Waals surface area contributed by atoms with E-state index in [1.807, 2.05) is 31.2 Å². The summed E-state index contributed by atoms with van der Waals surface area (Å²) in [6, 6.07) is 13.1. The number of carbonyl (C=O) groups is 1. The summed E-state index contributed by atoms with van der Waals surface area (Å²) < 4.78 is 43.3. The molecule has 1 aliphatic heterocycles. The number of piperidine rings is 1. The van der Waals surface area contributed by atoms with Crippen LogP contribution < -0.4 is 10.6 Å². The highest BCUT2D eigenvalue weighted by atomic mass is 19.4. The van der Waals surface area contributed by atoms with Crippen molar-refractivity contribution in [3.8, 4) is 11.3 Å². The first-order valence-electron chi connectivity index (χ1n) is 12.6. The van der Waals surface area contributed by atoms with Crippen LogP contribution in [0.1, 0.15) is 37.3 Å². The Balaban J connectivity index is 1.30. The average molecular weight is 523 g/mol. The van der Waals surface area contributed by atoms with E-state index in [9.17, 15) is 18.0 Å². The Morgan fingerprint density at radius 3 is 2.68 bits per heavy atom. The summed E-state index contributed by atoms with van der Waals surface area (Å²) in [5.74, 6) is 0.276. The van der Waals surface area contributed by atoms with E-state index in [1.165, 1.54) is 12.1 Å². The van der Waals surface area contributed by atoms with Crippen LogP contribution in [0, 0.1) is 0 Å². The number of amides is 2. The van der Waals surface area contributed by atoms with Gasteiger partial charge in [-0.3, -0.25) is 19.9 Å². The van der Waals surface area contributed by atoms with Gasteiger partial charge in [-0.05, 0) is 61.5 Å². The molecule has 2 amide bonds. The first-order valence-corrected chi connectivity index (χ1v) is 12.6. The number of nitrogens with one attached hydrogen (secondary N) is 2. The number of benzene rings is 2. The van der Waals surface area contributed by atoms with Gasteiger partial charge in [-0.15, -0.1) is 0 Å². The van der Waals surface area contributed by atoms with E-state index in [2.05, 4.69) is 25.6 Å². The molecule has 1 aliphatic rings. The van der Waals surface area contributed by atoms with Crippen molar-refractivity contribution in [3.05, 3.63) is 72.1 Å². The lowest BCUT2D eigenvalue weighted by atomic mass is 10.00. The highest BCUT2D eigenvalue weighted by molar-refractivity contribution is 5.99. The minimum atomic E-state index is -4.53. The lowest BCUT2D eigenvalue weighted by Crippen LogP contribution is -2.37. The Morgan fingerprint density at radius 2 is 1.89 bits per heavy atom. The van der Waals surface area contributed by atoms with Crippen molar-refractivity contribution < 1.29 is 18.0 Å². The maximum absolute atomic E-state index is 13.9. The maximum atomic E-state index is 13.9. The van der Waals surface area contributed by atoms with E-state index in [-0.39, 0.29) is 29.7 Å². The molecule has 1 saturated heterocycles. The molecular formula is C28H29F3N6O. The topological polar surface area (TPSA) is 75.1 Å². The molecule has 3 heterocycles. The molecule has 1 unspecified atom stereocenters. The third-order valence-electron chi connectivity index (χ3n) is 7.04. The van der Waals surface area contributed by atoms with Crippen molar-refractivity contribution >= 4 is 28.3 Å². The van der Waals surface area contributed by atoms with Crippen molar-refractivity contribution in [2.75, 3.05) is 17.2 Å². The van der Waals surface area contributed by atoms with Crippen molar-refractivity contribution in [1.29, 1.82) is 0 Å². The predicted molar refractivity (Wildman–Crippen MR) is 142 cm³/mol. The number of likely N-dealkylation sites (tertiary alicyclic amines) is 1. The molecule has 2 aromatic heterocycles. The van der Waals surface area contributed by atoms with E-state index >= 15 is 0 Å². The summed E-state index contributed by atoms with van der Waals surface area (Å²) in [7, 11) is 1.75. The van der Waals surface area contributed by atoms with E-state index in [0.29, 0.717) is 0 Å². The van der Waals surface area contributed by atoms with E-state index in [0.717, 1.165) is 53.9 Å². The maximum Gasteiger partial charge on any atom is 0.416 e. The first-order chi connectivity index (χ1) is 18.2. The van der Waals surface area contributed by atoms with Gasteiger partial charge in [-0.1, -0.05) is 24.6 Å². The fraction of sp³-hybridized carbons (Fsp3) is 0.321. The zero-order chi connectivity index (χ0) is 26.9. The number of anilines is 2. The summed E-state index contributed by atoms with van der Waals surface area (Å²) in [6.07, 6.45) is 2.03. The average Bonchev–Trinajstić information content (AvgIpc) is 3.24. The van der Waals surface area contributed by atoms with Crippen molar-refractivity contribution in [1.82, 2.24) is 19.7 Å². The fourth-order valence-corrected chi connectivity index (χ4v) is 4.99. The second kappa shape index (κ2) is 10.4. The van der Waals surface area contributed by atoms with Crippen LogP contribution in [0.25, 0.3) is 22.0 Å². The van der Waals surface area contributed by atoms with Crippen molar-refractivity contribution in [3.63, 3.8) is 0 Å². The predicted octanol–water partition coefficient (Wildman–Crippen LogP) is 6.67. The summed E-state index contributed by atoms with van der Waals surface area (Å²) in [5, 5.41) is 11.5. The van der Waals surface area contributed by atoms with Crippen molar-refractivity contribution in [2.45, 2.75) is 44.9 Å². The number of aryl methyl sites for hydroxylation is 1. The Labute approximate surface area is 218 Å². The van der Waals surface area contributed by atoms with Crippen LogP contribution >= 0.6 is 0 Å². The van der Waals surface area contributed by atoms with Crippen LogP contribution in [0.5, 0.6) is 0 Å². The van der Waals surface area contributed by atoms with Crippen LogP contribution in [0.3, 0.4) is 0 Å². The largest absolute Gasteiger partial charge is 0.416 e. The Morgan fingerprint density at radius 1 is 1.05 bits per heavy atom. The number of alkyl halides is 3. The van der Waals surface area contributed by atoms with Gasteiger partial charge in [-0.25, -0.2) is 4.79 Å². The summed E-state index contributed by atoms with van der Waals surface area (Å²) in [5.41, 5.74) is 1.18. The smallest absolute Gasteiger partial charge is 0.308 e. The number of carbonyl (C=O) groups excluding carboxylic acids is 1. The first kappa shape index (κ1) is 25.7. The zero-order valence-electron chi connectivity index (χ0n) is 21.2. The number of pyridine rings is 1. The Kier molecular flexibility index (Phi) is 7.07. The molecule has 198 valence electrons. The van der Waals surface area contributed by atoms with Gasteiger partial charge in [0.05, 0.1) is 11.3 Å². The molecule has 38 heavy (non-hydrogen) atoms. The van der Waals surface area contributed by atoms with Gasteiger partial charge < -0.3 is 5.32 Å². The van der Waals surface area contributed by atoms with Crippen molar-refractivity contribution in [2.24, 2.45) is 7.05 Å². The third-order valence-corrected chi connectivity index (χ3v) is 7.04. The van der Waals surface area contributed by atoms with E-state index in [1.54, 1.807) is 30.2 Å². The Bertz CT molecular complexity index is 1460. The molecule has 2 N–H and O–H groups in total. The molecule has 7 nitrogen and oxygen atoms in total. The number of hydrogen-bond donors (Lipinski definition) is 2. The Hall–Kier alpha value is -3.92. The summed E-state index contributed by atoms with van der Waals surface area (Å²) in [4.78, 5) is 18.9. The number of fused-ring (bicyclic) bond motifs is 1. The third kappa shape index (κ3) is 5.65. The summed E-state index contributed by atoms with van der Waals surface area (Å²) >= 11 is 0. The second-order valence-corrected chi connectivity index (χ2v) is 9.74. The highest BCUT2D eigenvalue weighted by Crippen LogP contribution is 2.35. The quantitative estimate of drug-likeness (QED) is 0.307. The number of aromatic nitrogens is 3. The number of hydrogen-bond acceptors (Lipinski definition) is 4. The van der Waals surface area contributed by atoms with Crippen LogP contribution in [0.15, 0.2) is 60.9 Å². The van der Waals surface area contributed by atoms with Gasteiger partial charge >= 0.3 is 12.2 Å². The molecule has 0 saturated carbocycles. The minimum absolute atomic E-state index is 0.0588. The minimum Gasteiger partial charge on any atom is -0.308 e. The van der Waals surface area contributed by atoms with E-state index < -0.39 is 17.8 Å². The molecular weight excluding hydrogens is 493 g/mol. The van der Waals surface area contributed by atoms with Crippen LogP contribution in [0.2, 0.25) is 0 Å². The number of rotatable bonds is 5. The van der Waals surface area contributed by atoms with Gasteiger partial charge in [0.1, 0.15) is 0 Å². The number of halogens is 3. The molecule has 0 bridgehead atoms. The highest BCUT2D eigenvalue weighted by Gasteiger charge is 2.34. The molecule has 0 radical (unpaired) electrons. The molecule has 0 aliphatic carbocycles. The molecule has 5 rings (SSSR count). The number of urea groups is 1. The fourth-order valence-electron chi connectivity index (χ4n) is 4.99. The lowest BCUT2D eigenvalue weighted by molar-refractivity contribution is -0.138. The molecule has 1 atom stereocenters. The summed E-state index contributed by atoms with van der Waals surface area (Å²) in [6.45, 7) is 3.06. The van der Waals surface area contributed by atoms with Gasteiger partial charge in [0.2, 0.25) is 0 Å². The molecule has 2 aromatic carbocycles. The molecule has 0 spiro atoms. The van der Waals surface area contributed by atoms with Crippen LogP contribution in [-0.2, 0) is 19.8 Å². The standard InChI is InChI=1S/C28H29F3N6O/c1-18-5-3-4-12-37(18)17-21-8-9-23(14-24(21)28(29,30)31)33-27(38)34-26-15-25(36(2)35-26)20-7-6-19-10-11-32-16-22(19)13-20/h6-11,13-16,18H,3-5,12,17H2,1-2H3,(H2,33,34,35,38). The monoisotopic (exact) mass is 522 g/mol. The van der Waals surface area contributed by atoms with Gasteiger partial charge in [0.25, 0.3) is 0 Å². The SMILES string of the molecule is CC1CCCCN1Cc1ccc(NC(=O)Nc2cc(-c3ccc4ccncc4c3)n(C)n2)cc1C(F)(F)F.